The molecule has 0 saturated carbocycles. The van der Waals surface area contributed by atoms with E-state index in [-0.39, 0.29) is 17.2 Å². The Morgan fingerprint density at radius 3 is 2.72 bits per heavy atom. The average molecular weight is 244 g/mol. The van der Waals surface area contributed by atoms with Crippen LogP contribution >= 0.6 is 0 Å². The summed E-state index contributed by atoms with van der Waals surface area (Å²) < 4.78 is 1.38. The molecule has 0 bridgehead atoms. The molecule has 0 spiro atoms. The van der Waals surface area contributed by atoms with E-state index in [4.69, 9.17) is 5.73 Å². The fraction of sp³-hybridized carbons (Fsp3) is 0.0833. The summed E-state index contributed by atoms with van der Waals surface area (Å²) in [5.41, 5.74) is 6.63. The minimum absolute atomic E-state index is 0.140. The van der Waals surface area contributed by atoms with E-state index in [2.05, 4.69) is 10.3 Å². The number of nitrogens with two attached hydrogens (primary N) is 1. The van der Waals surface area contributed by atoms with E-state index in [1.54, 1.807) is 13.1 Å². The number of hydrogen-bond acceptors (Lipinski definition) is 4. The van der Waals surface area contributed by atoms with E-state index < -0.39 is 0 Å². The zero-order chi connectivity index (χ0) is 13.1. The van der Waals surface area contributed by atoms with Gasteiger partial charge in [0.05, 0.1) is 17.6 Å². The van der Waals surface area contributed by atoms with Crippen molar-refractivity contribution in [3.8, 4) is 0 Å². The number of aryl methyl sites for hydroxylation is 1. The second-order valence-electron chi connectivity index (χ2n) is 3.80. The molecule has 92 valence electrons. The first kappa shape index (κ1) is 11.8. The van der Waals surface area contributed by atoms with Gasteiger partial charge in [0, 0.05) is 19.3 Å². The van der Waals surface area contributed by atoms with Gasteiger partial charge in [0.25, 0.3) is 5.91 Å². The van der Waals surface area contributed by atoms with Crippen LogP contribution in [-0.2, 0) is 7.05 Å². The maximum Gasteiger partial charge on any atom is 0.274 e. The van der Waals surface area contributed by atoms with Crippen LogP contribution in [0, 0.1) is 0 Å². The van der Waals surface area contributed by atoms with Crippen LogP contribution in [0.1, 0.15) is 10.5 Å². The lowest BCUT2D eigenvalue weighted by Gasteiger charge is -2.06. The van der Waals surface area contributed by atoms with Crippen LogP contribution in [0.5, 0.6) is 0 Å². The summed E-state index contributed by atoms with van der Waals surface area (Å²) in [5.74, 6) is -0.353. The number of nitrogens with zero attached hydrogens (tertiary/aromatic N) is 2. The average Bonchev–Trinajstić information content (AvgIpc) is 2.34. The molecule has 2 heterocycles. The molecule has 0 aliphatic carbocycles. The number of aromatic nitrogens is 2. The van der Waals surface area contributed by atoms with E-state index in [1.807, 2.05) is 0 Å². The van der Waals surface area contributed by atoms with Crippen LogP contribution in [0.25, 0.3) is 0 Å². The molecule has 6 heteroatoms. The highest BCUT2D eigenvalue weighted by Gasteiger charge is 2.07. The molecule has 2 rings (SSSR count). The third-order valence-electron chi connectivity index (χ3n) is 2.36. The molecule has 0 unspecified atom stereocenters. The first-order chi connectivity index (χ1) is 8.56. The lowest BCUT2D eigenvalue weighted by Crippen LogP contribution is -2.18. The zero-order valence-electron chi connectivity index (χ0n) is 9.75. The first-order valence-electron chi connectivity index (χ1n) is 5.26. The minimum atomic E-state index is -0.353. The summed E-state index contributed by atoms with van der Waals surface area (Å²) in [6.45, 7) is 0. The SMILES string of the molecule is Cn1cc(NC(=O)c2ccc(N)cn2)ccc1=O. The molecule has 18 heavy (non-hydrogen) atoms. The quantitative estimate of drug-likeness (QED) is 0.810. The van der Waals surface area contributed by atoms with Gasteiger partial charge in [-0.15, -0.1) is 0 Å². The van der Waals surface area contributed by atoms with Crippen LogP contribution in [0.3, 0.4) is 0 Å². The van der Waals surface area contributed by atoms with Gasteiger partial charge in [0.15, 0.2) is 0 Å². The van der Waals surface area contributed by atoms with Gasteiger partial charge in [-0.2, -0.15) is 0 Å². The number of nitrogen functional groups attached to an aromatic ring is 1. The Morgan fingerprint density at radius 2 is 2.11 bits per heavy atom. The topological polar surface area (TPSA) is 90.0 Å². The van der Waals surface area contributed by atoms with Crippen molar-refractivity contribution in [2.24, 2.45) is 7.05 Å². The Morgan fingerprint density at radius 1 is 1.33 bits per heavy atom. The summed E-state index contributed by atoms with van der Waals surface area (Å²) in [7, 11) is 1.61. The normalized spacial score (nSPS) is 10.1. The van der Waals surface area contributed by atoms with E-state index in [0.29, 0.717) is 11.4 Å². The van der Waals surface area contributed by atoms with Crippen LogP contribution in [0.15, 0.2) is 41.5 Å². The zero-order valence-corrected chi connectivity index (χ0v) is 9.75. The number of anilines is 2. The standard InChI is InChI=1S/C12H12N4O2/c1-16-7-9(3-5-11(16)17)15-12(18)10-4-2-8(13)6-14-10/h2-7H,13H2,1H3,(H,15,18). The van der Waals surface area contributed by atoms with Gasteiger partial charge in [-0.3, -0.25) is 9.59 Å². The Kier molecular flexibility index (Phi) is 3.09. The monoisotopic (exact) mass is 244 g/mol. The highest BCUT2D eigenvalue weighted by molar-refractivity contribution is 6.02. The van der Waals surface area contributed by atoms with Crippen molar-refractivity contribution < 1.29 is 4.79 Å². The summed E-state index contributed by atoms with van der Waals surface area (Å²) in [6, 6.07) is 6.05. The van der Waals surface area contributed by atoms with Crippen molar-refractivity contribution >= 4 is 17.3 Å². The maximum atomic E-state index is 11.8. The molecule has 0 fully saturated rings. The molecule has 0 aromatic carbocycles. The van der Waals surface area contributed by atoms with Gasteiger partial charge in [0.2, 0.25) is 5.56 Å². The van der Waals surface area contributed by atoms with Gasteiger partial charge in [-0.25, -0.2) is 4.98 Å². The third-order valence-corrected chi connectivity index (χ3v) is 2.36. The van der Waals surface area contributed by atoms with E-state index in [0.717, 1.165) is 0 Å². The number of nitrogens with one attached hydrogen (secondary N) is 1. The van der Waals surface area contributed by atoms with Crippen LogP contribution in [0.2, 0.25) is 0 Å². The number of carbonyl (C=O) groups excluding carboxylic acids is 1. The fourth-order valence-electron chi connectivity index (χ4n) is 1.40. The Hall–Kier alpha value is -2.63. The van der Waals surface area contributed by atoms with Crippen molar-refractivity contribution in [1.82, 2.24) is 9.55 Å². The first-order valence-corrected chi connectivity index (χ1v) is 5.26. The largest absolute Gasteiger partial charge is 0.397 e. The molecule has 3 N–H and O–H groups in total. The van der Waals surface area contributed by atoms with Crippen LogP contribution in [0.4, 0.5) is 11.4 Å². The lowest BCUT2D eigenvalue weighted by molar-refractivity contribution is 0.102. The fourth-order valence-corrected chi connectivity index (χ4v) is 1.40. The number of rotatable bonds is 2. The van der Waals surface area contributed by atoms with Crippen LogP contribution < -0.4 is 16.6 Å². The summed E-state index contributed by atoms with van der Waals surface area (Å²) in [4.78, 5) is 26.9. The van der Waals surface area contributed by atoms with Gasteiger partial charge < -0.3 is 15.6 Å². The van der Waals surface area contributed by atoms with Crippen molar-refractivity contribution in [3.05, 3.63) is 52.7 Å². The van der Waals surface area contributed by atoms with Crippen molar-refractivity contribution in [1.29, 1.82) is 0 Å². The number of carbonyl (C=O) groups is 1. The molecule has 1 amide bonds. The van der Waals surface area contributed by atoms with Gasteiger partial charge in [-0.05, 0) is 18.2 Å². The molecule has 0 aliphatic heterocycles. The second kappa shape index (κ2) is 4.70. The highest BCUT2D eigenvalue weighted by Crippen LogP contribution is 2.06. The van der Waals surface area contributed by atoms with Crippen molar-refractivity contribution in [2.75, 3.05) is 11.1 Å². The second-order valence-corrected chi connectivity index (χ2v) is 3.80. The molecule has 0 radical (unpaired) electrons. The third kappa shape index (κ3) is 2.54. The Bertz CT molecular complexity index is 631. The van der Waals surface area contributed by atoms with E-state index >= 15 is 0 Å². The molecular weight excluding hydrogens is 232 g/mol. The molecule has 0 atom stereocenters. The summed E-state index contributed by atoms with van der Waals surface area (Å²) in [6.07, 6.45) is 2.95. The predicted molar refractivity (Wildman–Crippen MR) is 68.3 cm³/mol. The summed E-state index contributed by atoms with van der Waals surface area (Å²) in [5, 5.41) is 2.64. The van der Waals surface area contributed by atoms with E-state index in [9.17, 15) is 9.59 Å². The van der Waals surface area contributed by atoms with Crippen LogP contribution in [-0.4, -0.2) is 15.5 Å². The van der Waals surface area contributed by atoms with Crippen molar-refractivity contribution in [2.45, 2.75) is 0 Å². The lowest BCUT2D eigenvalue weighted by atomic mass is 10.3. The van der Waals surface area contributed by atoms with Crippen molar-refractivity contribution in [3.63, 3.8) is 0 Å². The molecular formula is C12H12N4O2. The smallest absolute Gasteiger partial charge is 0.274 e. The van der Waals surface area contributed by atoms with Gasteiger partial charge >= 0.3 is 0 Å². The van der Waals surface area contributed by atoms with Gasteiger partial charge in [0.1, 0.15) is 5.69 Å². The van der Waals surface area contributed by atoms with Gasteiger partial charge in [-0.1, -0.05) is 0 Å². The van der Waals surface area contributed by atoms with E-state index in [1.165, 1.54) is 35.2 Å². The molecule has 0 aliphatic rings. The maximum absolute atomic E-state index is 11.8. The summed E-state index contributed by atoms with van der Waals surface area (Å²) >= 11 is 0. The molecule has 0 saturated heterocycles. The Balaban J connectivity index is 2.18. The molecule has 2 aromatic rings. The molecule has 2 aromatic heterocycles. The number of pyridine rings is 2. The number of amides is 1. The number of hydrogen-bond donors (Lipinski definition) is 2. The highest BCUT2D eigenvalue weighted by atomic mass is 16.2. The molecule has 6 nitrogen and oxygen atoms in total. The predicted octanol–water partition coefficient (Wildman–Crippen LogP) is 0.615. The Labute approximate surface area is 103 Å². The minimum Gasteiger partial charge on any atom is -0.397 e.